The van der Waals surface area contributed by atoms with Crippen LogP contribution in [0.1, 0.15) is 127 Å². The Morgan fingerprint density at radius 1 is 0.918 bits per heavy atom. The molecule has 1 aromatic carbocycles. The van der Waals surface area contributed by atoms with Crippen LogP contribution < -0.4 is 0 Å². The zero-order chi connectivity index (χ0) is 35.3. The number of benzene rings is 1. The van der Waals surface area contributed by atoms with Gasteiger partial charge in [0.15, 0.2) is 0 Å². The van der Waals surface area contributed by atoms with Crippen LogP contribution in [-0.4, -0.2) is 40.8 Å². The van der Waals surface area contributed by atoms with Gasteiger partial charge in [0.1, 0.15) is 18.1 Å². The van der Waals surface area contributed by atoms with Gasteiger partial charge in [-0.25, -0.2) is 9.97 Å². The molecule has 6 nitrogen and oxygen atoms in total. The molecule has 1 amide bonds. The fraction of sp³-hybridized carbons (Fsp3) is 0.674. The van der Waals surface area contributed by atoms with E-state index in [1.807, 2.05) is 51.4 Å². The van der Waals surface area contributed by atoms with Crippen molar-refractivity contribution in [3.05, 3.63) is 70.3 Å². The third-order valence-corrected chi connectivity index (χ3v) is 15.6. The zero-order valence-electron chi connectivity index (χ0n) is 31.8. The van der Waals surface area contributed by atoms with Crippen LogP contribution in [-0.2, 0) is 28.0 Å². The second kappa shape index (κ2) is 11.5. The first-order chi connectivity index (χ1) is 23.0. The van der Waals surface area contributed by atoms with Crippen LogP contribution in [0.15, 0.2) is 42.0 Å². The van der Waals surface area contributed by atoms with Crippen LogP contribution in [0.3, 0.4) is 0 Å². The van der Waals surface area contributed by atoms with E-state index in [1.165, 1.54) is 6.42 Å². The number of aryl methyl sites for hydroxylation is 1. The highest BCUT2D eigenvalue weighted by molar-refractivity contribution is 5.94. The summed E-state index contributed by atoms with van der Waals surface area (Å²) >= 11 is 0. The Labute approximate surface area is 294 Å². The number of rotatable bonds is 4. The summed E-state index contributed by atoms with van der Waals surface area (Å²) in [5.74, 6) is 2.74. The smallest absolute Gasteiger partial charge is 0.313 e. The number of aromatic nitrogens is 2. The van der Waals surface area contributed by atoms with Crippen molar-refractivity contribution in [2.45, 2.75) is 119 Å². The normalized spacial score (nSPS) is 38.8. The van der Waals surface area contributed by atoms with Crippen molar-refractivity contribution < 1.29 is 14.3 Å². The lowest BCUT2D eigenvalue weighted by Crippen LogP contribution is -2.65. The molecule has 5 aliphatic carbocycles. The number of allylic oxidation sites excluding steroid dienone is 2. The van der Waals surface area contributed by atoms with Crippen molar-refractivity contribution in [3.63, 3.8) is 0 Å². The van der Waals surface area contributed by atoms with Gasteiger partial charge in [-0.3, -0.25) is 9.59 Å². The van der Waals surface area contributed by atoms with Crippen molar-refractivity contribution in [1.82, 2.24) is 14.9 Å². The van der Waals surface area contributed by atoms with Crippen molar-refractivity contribution in [3.8, 4) is 0 Å². The van der Waals surface area contributed by atoms with Gasteiger partial charge in [-0.2, -0.15) is 0 Å². The predicted molar refractivity (Wildman–Crippen MR) is 194 cm³/mol. The minimum absolute atomic E-state index is 0.0143. The molecule has 0 saturated heterocycles. The predicted octanol–water partition coefficient (Wildman–Crippen LogP) is 8.90. The van der Waals surface area contributed by atoms with E-state index in [0.717, 1.165) is 61.8 Å². The molecule has 0 spiro atoms. The van der Waals surface area contributed by atoms with Crippen LogP contribution in [0, 0.1) is 58.2 Å². The molecule has 0 N–H and O–H groups in total. The van der Waals surface area contributed by atoms with Gasteiger partial charge in [-0.1, -0.05) is 90.4 Å². The fourth-order valence-electron chi connectivity index (χ4n) is 12.7. The molecule has 1 heterocycles. The molecule has 5 aliphatic rings. The Bertz CT molecular complexity index is 1700. The van der Waals surface area contributed by atoms with E-state index in [9.17, 15) is 9.59 Å². The molecular formula is C43H59N3O3. The van der Waals surface area contributed by atoms with Gasteiger partial charge in [-0.15, -0.1) is 0 Å². The number of carbonyl (C=O) groups excluding carboxylic acids is 2. The first-order valence-corrected chi connectivity index (χ1v) is 19.0. The largest absolute Gasteiger partial charge is 0.460 e. The number of esters is 1. The lowest BCUT2D eigenvalue weighted by atomic mass is 9.33. The summed E-state index contributed by atoms with van der Waals surface area (Å²) in [5.41, 5.74) is 4.72. The minimum atomic E-state index is -0.460. The van der Waals surface area contributed by atoms with Gasteiger partial charge in [0.2, 0.25) is 0 Å². The highest BCUT2D eigenvalue weighted by Gasteiger charge is 2.69. The van der Waals surface area contributed by atoms with E-state index in [2.05, 4.69) is 54.5 Å². The number of carbonyl (C=O) groups is 2. The molecule has 0 aliphatic heterocycles. The summed E-state index contributed by atoms with van der Waals surface area (Å²) in [7, 11) is 3.65. The quantitative estimate of drug-likeness (QED) is 0.241. The van der Waals surface area contributed by atoms with E-state index in [0.29, 0.717) is 41.8 Å². The van der Waals surface area contributed by atoms with Crippen molar-refractivity contribution in [2.75, 3.05) is 14.1 Å². The molecule has 1 aromatic heterocycles. The highest BCUT2D eigenvalue weighted by atomic mass is 16.5. The van der Waals surface area contributed by atoms with E-state index in [4.69, 9.17) is 14.7 Å². The third kappa shape index (κ3) is 4.77. The zero-order valence-corrected chi connectivity index (χ0v) is 31.8. The fourth-order valence-corrected chi connectivity index (χ4v) is 12.7. The second-order valence-corrected chi connectivity index (χ2v) is 18.4. The maximum Gasteiger partial charge on any atom is 0.313 e. The standard InChI is InChI=1S/C43H59N3O3/c1-26-18-21-43(38(48)49-25-29-14-12-11-13-15-29)23-22-41(7)31(34(43)27(26)2)16-17-33-40(6)24-30-35(37(47)46(9)10)44-28(3)45-36(30)39(4,5)32(40)19-20-42(33,41)8/h11-16,26-27,32-34H,17-25H2,1-10H3/t26-,27+,32+,33-,34+,40+,41-,42-,43+/m1/s1. The third-order valence-electron chi connectivity index (χ3n) is 15.6. The molecule has 7 rings (SSSR count). The van der Waals surface area contributed by atoms with Crippen molar-refractivity contribution in [2.24, 2.45) is 51.2 Å². The number of hydrogen-bond donors (Lipinski definition) is 0. The molecular weight excluding hydrogens is 606 g/mol. The number of amides is 1. The first kappa shape index (κ1) is 34.4. The molecule has 9 atom stereocenters. The lowest BCUT2D eigenvalue weighted by Gasteiger charge is -2.71. The van der Waals surface area contributed by atoms with Gasteiger partial charge in [0.25, 0.3) is 5.91 Å². The summed E-state index contributed by atoms with van der Waals surface area (Å²) in [5, 5.41) is 0. The Morgan fingerprint density at radius 3 is 2.33 bits per heavy atom. The average Bonchev–Trinajstić information content (AvgIpc) is 3.05. The first-order valence-electron chi connectivity index (χ1n) is 19.0. The van der Waals surface area contributed by atoms with Gasteiger partial charge in [-0.05, 0) is 110 Å². The monoisotopic (exact) mass is 665 g/mol. The van der Waals surface area contributed by atoms with Crippen LogP contribution in [0.5, 0.6) is 0 Å². The van der Waals surface area contributed by atoms with Crippen LogP contribution in [0.2, 0.25) is 0 Å². The molecule has 3 saturated carbocycles. The molecule has 0 radical (unpaired) electrons. The summed E-state index contributed by atoms with van der Waals surface area (Å²) in [6.45, 7) is 19.5. The number of hydrogen-bond acceptors (Lipinski definition) is 5. The second-order valence-electron chi connectivity index (χ2n) is 18.4. The summed E-state index contributed by atoms with van der Waals surface area (Å²) in [6.07, 6.45) is 10.7. The van der Waals surface area contributed by atoms with Crippen molar-refractivity contribution >= 4 is 11.9 Å². The lowest BCUT2D eigenvalue weighted by molar-refractivity contribution is -0.184. The van der Waals surface area contributed by atoms with Crippen LogP contribution in [0.4, 0.5) is 0 Å². The molecule has 49 heavy (non-hydrogen) atoms. The average molecular weight is 666 g/mol. The van der Waals surface area contributed by atoms with E-state index in [1.54, 1.807) is 10.5 Å². The Kier molecular flexibility index (Phi) is 8.08. The molecule has 0 unspecified atom stereocenters. The SMILES string of the molecule is Cc1nc(C(=O)N(C)C)c2c(n1)C(C)(C)[C@@H]1CC[C@]3(C)[C@H](CC=C4[C@@H]5[C@@H](C)[C@H](C)CC[C@]5(C(=O)OCc5ccccc5)CC[C@]43C)[C@@]1(C)C2. The maximum absolute atomic E-state index is 14.4. The van der Waals surface area contributed by atoms with E-state index in [-0.39, 0.29) is 39.5 Å². The minimum Gasteiger partial charge on any atom is -0.460 e. The van der Waals surface area contributed by atoms with Gasteiger partial charge < -0.3 is 9.64 Å². The Morgan fingerprint density at radius 2 is 1.63 bits per heavy atom. The van der Waals surface area contributed by atoms with Crippen LogP contribution >= 0.6 is 0 Å². The molecule has 6 heteroatoms. The number of nitrogens with zero attached hydrogens (tertiary/aromatic N) is 3. The number of ether oxygens (including phenoxy) is 1. The summed E-state index contributed by atoms with van der Waals surface area (Å²) < 4.78 is 6.25. The maximum atomic E-state index is 14.4. The van der Waals surface area contributed by atoms with E-state index < -0.39 is 5.41 Å². The summed E-state index contributed by atoms with van der Waals surface area (Å²) in [4.78, 5) is 39.6. The van der Waals surface area contributed by atoms with Crippen molar-refractivity contribution in [1.29, 1.82) is 0 Å². The molecule has 264 valence electrons. The van der Waals surface area contributed by atoms with Gasteiger partial charge >= 0.3 is 5.97 Å². The Hall–Kier alpha value is -3.02. The molecule has 2 aromatic rings. The van der Waals surface area contributed by atoms with Gasteiger partial charge in [0.05, 0.1) is 11.1 Å². The van der Waals surface area contributed by atoms with Gasteiger partial charge in [0, 0.05) is 25.1 Å². The van der Waals surface area contributed by atoms with E-state index >= 15 is 0 Å². The highest BCUT2D eigenvalue weighted by Crippen LogP contribution is 2.75. The summed E-state index contributed by atoms with van der Waals surface area (Å²) in [6, 6.07) is 10.1. The topological polar surface area (TPSA) is 72.4 Å². The number of fused-ring (bicyclic) bond motifs is 8. The van der Waals surface area contributed by atoms with Crippen LogP contribution in [0.25, 0.3) is 0 Å². The molecule has 0 bridgehead atoms. The Balaban J connectivity index is 1.30. The molecule has 3 fully saturated rings.